The number of ether oxygens (including phenoxy) is 1. The van der Waals surface area contributed by atoms with E-state index in [1.807, 2.05) is 20.8 Å². The Hall–Kier alpha value is -1.65. The Morgan fingerprint density at radius 2 is 1.75 bits per heavy atom. The Kier molecular flexibility index (Phi) is 5.42. The summed E-state index contributed by atoms with van der Waals surface area (Å²) < 4.78 is 4.61. The van der Waals surface area contributed by atoms with Gasteiger partial charge in [0, 0.05) is 11.6 Å². The van der Waals surface area contributed by atoms with Gasteiger partial charge in [-0.05, 0) is 33.8 Å². The van der Waals surface area contributed by atoms with E-state index in [-0.39, 0.29) is 23.8 Å². The molecule has 0 atom stereocenters. The number of hydrogen-bond donors (Lipinski definition) is 1. The molecular formula is C11H17NO4. The zero-order valence-electron chi connectivity index (χ0n) is 9.99. The predicted octanol–water partition coefficient (Wildman–Crippen LogP) is 0.589. The number of nitrogens with one attached hydrogen (secondary N) is 1. The molecule has 0 bridgehead atoms. The molecular weight excluding hydrogens is 210 g/mol. The SMILES string of the molecule is CC(=O)/C=C/C(=O)OCC(=O)NC(C)(C)C. The molecule has 0 heterocycles. The molecule has 0 spiro atoms. The van der Waals surface area contributed by atoms with Crippen LogP contribution in [-0.2, 0) is 19.1 Å². The van der Waals surface area contributed by atoms with Crippen molar-refractivity contribution in [2.24, 2.45) is 0 Å². The minimum absolute atomic E-state index is 0.254. The van der Waals surface area contributed by atoms with Crippen molar-refractivity contribution in [3.05, 3.63) is 12.2 Å². The van der Waals surface area contributed by atoms with E-state index < -0.39 is 5.97 Å². The molecule has 90 valence electrons. The van der Waals surface area contributed by atoms with Crippen LogP contribution in [0.15, 0.2) is 12.2 Å². The number of carbonyl (C=O) groups is 3. The quantitative estimate of drug-likeness (QED) is 0.563. The zero-order valence-corrected chi connectivity index (χ0v) is 9.99. The number of allylic oxidation sites excluding steroid dienone is 1. The Balaban J connectivity index is 3.93. The maximum Gasteiger partial charge on any atom is 0.331 e. The van der Waals surface area contributed by atoms with Gasteiger partial charge in [-0.15, -0.1) is 0 Å². The number of ketones is 1. The molecule has 0 radical (unpaired) electrons. The van der Waals surface area contributed by atoms with Crippen molar-refractivity contribution in [3.63, 3.8) is 0 Å². The molecule has 0 unspecified atom stereocenters. The van der Waals surface area contributed by atoms with Gasteiger partial charge in [-0.25, -0.2) is 4.79 Å². The largest absolute Gasteiger partial charge is 0.452 e. The normalized spacial score (nSPS) is 11.2. The minimum Gasteiger partial charge on any atom is -0.452 e. The summed E-state index contributed by atoms with van der Waals surface area (Å²) in [6, 6.07) is 0. The van der Waals surface area contributed by atoms with Crippen molar-refractivity contribution >= 4 is 17.7 Å². The highest BCUT2D eigenvalue weighted by Crippen LogP contribution is 1.97. The molecule has 0 saturated carbocycles. The van der Waals surface area contributed by atoms with Crippen LogP contribution in [-0.4, -0.2) is 29.8 Å². The van der Waals surface area contributed by atoms with E-state index in [4.69, 9.17) is 0 Å². The summed E-state index contributed by atoms with van der Waals surface area (Å²) in [5.41, 5.74) is -0.362. The van der Waals surface area contributed by atoms with Crippen molar-refractivity contribution in [2.45, 2.75) is 33.2 Å². The van der Waals surface area contributed by atoms with E-state index in [2.05, 4.69) is 10.1 Å². The smallest absolute Gasteiger partial charge is 0.331 e. The van der Waals surface area contributed by atoms with Crippen molar-refractivity contribution in [2.75, 3.05) is 6.61 Å². The van der Waals surface area contributed by atoms with Gasteiger partial charge in [-0.3, -0.25) is 9.59 Å². The van der Waals surface area contributed by atoms with Crippen molar-refractivity contribution in [1.82, 2.24) is 5.32 Å². The topological polar surface area (TPSA) is 72.5 Å². The van der Waals surface area contributed by atoms with Gasteiger partial charge in [-0.2, -0.15) is 0 Å². The molecule has 0 aliphatic carbocycles. The lowest BCUT2D eigenvalue weighted by atomic mass is 10.1. The summed E-state index contributed by atoms with van der Waals surface area (Å²) in [6.07, 6.45) is 2.08. The fourth-order valence-electron chi connectivity index (χ4n) is 0.825. The summed E-state index contributed by atoms with van der Waals surface area (Å²) in [6.45, 7) is 6.43. The van der Waals surface area contributed by atoms with Crippen LogP contribution >= 0.6 is 0 Å². The lowest BCUT2D eigenvalue weighted by Crippen LogP contribution is -2.42. The molecule has 16 heavy (non-hydrogen) atoms. The second kappa shape index (κ2) is 6.05. The number of rotatable bonds is 4. The molecule has 0 aromatic carbocycles. The lowest BCUT2D eigenvalue weighted by molar-refractivity contribution is -0.144. The average molecular weight is 227 g/mol. The van der Waals surface area contributed by atoms with Crippen LogP contribution in [0.1, 0.15) is 27.7 Å². The van der Waals surface area contributed by atoms with Crippen molar-refractivity contribution < 1.29 is 19.1 Å². The summed E-state index contributed by atoms with van der Waals surface area (Å²) in [4.78, 5) is 32.7. The standard InChI is InChI=1S/C11H17NO4/c1-8(13)5-6-10(15)16-7-9(14)12-11(2,3)4/h5-6H,7H2,1-4H3,(H,12,14)/b6-5+. The van der Waals surface area contributed by atoms with E-state index in [9.17, 15) is 14.4 Å². The van der Waals surface area contributed by atoms with E-state index in [1.54, 1.807) is 0 Å². The number of amides is 1. The van der Waals surface area contributed by atoms with Gasteiger partial charge in [-0.1, -0.05) is 0 Å². The van der Waals surface area contributed by atoms with Crippen molar-refractivity contribution in [3.8, 4) is 0 Å². The van der Waals surface area contributed by atoms with Crippen LogP contribution in [0.5, 0.6) is 0 Å². The molecule has 1 amide bonds. The van der Waals surface area contributed by atoms with Crippen LogP contribution in [0.3, 0.4) is 0 Å². The van der Waals surface area contributed by atoms with Crippen LogP contribution in [0.2, 0.25) is 0 Å². The van der Waals surface area contributed by atoms with Gasteiger partial charge in [0.1, 0.15) is 0 Å². The van der Waals surface area contributed by atoms with E-state index in [1.165, 1.54) is 6.92 Å². The molecule has 0 aromatic rings. The third kappa shape index (κ3) is 8.93. The Labute approximate surface area is 94.8 Å². The van der Waals surface area contributed by atoms with E-state index in [0.29, 0.717) is 0 Å². The van der Waals surface area contributed by atoms with E-state index >= 15 is 0 Å². The highest BCUT2D eigenvalue weighted by atomic mass is 16.5. The Morgan fingerprint density at radius 3 is 2.19 bits per heavy atom. The van der Waals surface area contributed by atoms with Gasteiger partial charge < -0.3 is 10.1 Å². The first-order valence-electron chi connectivity index (χ1n) is 4.87. The van der Waals surface area contributed by atoms with Gasteiger partial charge in [0.25, 0.3) is 5.91 Å². The predicted molar refractivity (Wildman–Crippen MR) is 58.7 cm³/mol. The van der Waals surface area contributed by atoms with Gasteiger partial charge >= 0.3 is 5.97 Å². The van der Waals surface area contributed by atoms with Gasteiger partial charge in [0.15, 0.2) is 12.4 Å². The Morgan fingerprint density at radius 1 is 1.19 bits per heavy atom. The number of esters is 1. The number of carbonyl (C=O) groups excluding carboxylic acids is 3. The average Bonchev–Trinajstić information content (AvgIpc) is 2.08. The van der Waals surface area contributed by atoms with Gasteiger partial charge in [0.05, 0.1) is 0 Å². The fraction of sp³-hybridized carbons (Fsp3) is 0.545. The third-order valence-electron chi connectivity index (χ3n) is 1.31. The molecule has 0 saturated heterocycles. The summed E-state index contributed by atoms with van der Waals surface area (Å²) in [5, 5.41) is 2.63. The van der Waals surface area contributed by atoms with Crippen LogP contribution in [0.25, 0.3) is 0 Å². The first-order chi connectivity index (χ1) is 7.20. The monoisotopic (exact) mass is 227 g/mol. The lowest BCUT2D eigenvalue weighted by Gasteiger charge is -2.20. The minimum atomic E-state index is -0.709. The molecule has 0 aliphatic heterocycles. The summed E-state index contributed by atoms with van der Waals surface area (Å²) in [5.74, 6) is -1.34. The van der Waals surface area contributed by atoms with Crippen LogP contribution in [0.4, 0.5) is 0 Å². The Bertz CT molecular complexity index is 312. The zero-order chi connectivity index (χ0) is 12.8. The molecule has 5 nitrogen and oxygen atoms in total. The molecule has 5 heteroatoms. The van der Waals surface area contributed by atoms with E-state index in [0.717, 1.165) is 12.2 Å². The first kappa shape index (κ1) is 14.3. The maximum atomic E-state index is 11.2. The maximum absolute atomic E-state index is 11.2. The van der Waals surface area contributed by atoms with Crippen LogP contribution in [0, 0.1) is 0 Å². The molecule has 0 fully saturated rings. The van der Waals surface area contributed by atoms with Gasteiger partial charge in [0.2, 0.25) is 0 Å². The first-order valence-corrected chi connectivity index (χ1v) is 4.87. The molecule has 0 aromatic heterocycles. The highest BCUT2D eigenvalue weighted by Gasteiger charge is 2.14. The second-order valence-electron chi connectivity index (χ2n) is 4.35. The summed E-state index contributed by atoms with van der Waals surface area (Å²) in [7, 11) is 0. The molecule has 0 aliphatic rings. The highest BCUT2D eigenvalue weighted by molar-refractivity contribution is 5.95. The third-order valence-corrected chi connectivity index (χ3v) is 1.31. The second-order valence-corrected chi connectivity index (χ2v) is 4.35. The van der Waals surface area contributed by atoms with Crippen molar-refractivity contribution in [1.29, 1.82) is 0 Å². The number of hydrogen-bond acceptors (Lipinski definition) is 4. The molecule has 0 rings (SSSR count). The fourth-order valence-corrected chi connectivity index (χ4v) is 0.825. The summed E-state index contributed by atoms with van der Waals surface area (Å²) >= 11 is 0. The molecule has 1 N–H and O–H groups in total. The van der Waals surface area contributed by atoms with Crippen LogP contribution < -0.4 is 5.32 Å².